The molecular weight excluding hydrogens is 236 g/mol. The van der Waals surface area contributed by atoms with Crippen LogP contribution >= 0.6 is 11.6 Å². The van der Waals surface area contributed by atoms with E-state index in [0.717, 1.165) is 0 Å². The summed E-state index contributed by atoms with van der Waals surface area (Å²) < 4.78 is 25.7. The quantitative estimate of drug-likeness (QED) is 0.851. The number of hydrogen-bond donors (Lipinski definition) is 2. The fourth-order valence-electron chi connectivity index (χ4n) is 1.47. The summed E-state index contributed by atoms with van der Waals surface area (Å²) in [7, 11) is 0. The van der Waals surface area contributed by atoms with Gasteiger partial charge in [-0.15, -0.1) is 0 Å². The first kappa shape index (κ1) is 10.9. The van der Waals surface area contributed by atoms with Crippen LogP contribution in [0.15, 0.2) is 24.3 Å². The zero-order valence-electron chi connectivity index (χ0n) is 8.05. The molecule has 16 heavy (non-hydrogen) atoms. The highest BCUT2D eigenvalue weighted by Crippen LogP contribution is 2.35. The Morgan fingerprint density at radius 2 is 2.12 bits per heavy atom. The molecule has 3 nitrogen and oxygen atoms in total. The highest BCUT2D eigenvalue weighted by Gasteiger charge is 2.18. The third-order valence-electron chi connectivity index (χ3n) is 2.16. The van der Waals surface area contributed by atoms with Crippen LogP contribution in [0.4, 0.5) is 14.6 Å². The average molecular weight is 244 g/mol. The van der Waals surface area contributed by atoms with Gasteiger partial charge in [-0.2, -0.15) is 5.10 Å². The van der Waals surface area contributed by atoms with Gasteiger partial charge in [-0.3, -0.25) is 5.10 Å². The summed E-state index contributed by atoms with van der Waals surface area (Å²) in [6.45, 7) is 0. The Labute approximate surface area is 95.2 Å². The third-order valence-corrected chi connectivity index (χ3v) is 2.49. The van der Waals surface area contributed by atoms with Crippen molar-refractivity contribution in [2.45, 2.75) is 6.43 Å². The van der Waals surface area contributed by atoms with Crippen molar-refractivity contribution in [3.8, 4) is 11.3 Å². The van der Waals surface area contributed by atoms with E-state index in [1.165, 1.54) is 12.1 Å². The number of hydrogen-bond acceptors (Lipinski definition) is 2. The van der Waals surface area contributed by atoms with Crippen molar-refractivity contribution >= 4 is 17.4 Å². The highest BCUT2D eigenvalue weighted by atomic mass is 35.5. The van der Waals surface area contributed by atoms with E-state index >= 15 is 0 Å². The molecule has 0 aliphatic heterocycles. The van der Waals surface area contributed by atoms with Crippen LogP contribution in [-0.2, 0) is 0 Å². The minimum Gasteiger partial charge on any atom is -0.382 e. The number of aromatic nitrogens is 2. The number of anilines is 1. The maximum atomic E-state index is 12.8. The van der Waals surface area contributed by atoms with Gasteiger partial charge in [0.25, 0.3) is 6.43 Å². The van der Waals surface area contributed by atoms with E-state index in [2.05, 4.69) is 10.2 Å². The smallest absolute Gasteiger partial charge is 0.265 e. The van der Waals surface area contributed by atoms with E-state index < -0.39 is 6.43 Å². The van der Waals surface area contributed by atoms with Gasteiger partial charge in [-0.1, -0.05) is 23.7 Å². The largest absolute Gasteiger partial charge is 0.382 e. The fourth-order valence-corrected chi connectivity index (χ4v) is 1.73. The van der Waals surface area contributed by atoms with E-state index in [9.17, 15) is 8.78 Å². The van der Waals surface area contributed by atoms with Gasteiger partial charge >= 0.3 is 0 Å². The van der Waals surface area contributed by atoms with Gasteiger partial charge in [0.1, 0.15) is 5.82 Å². The molecule has 1 aromatic heterocycles. The van der Waals surface area contributed by atoms with Crippen LogP contribution in [0, 0.1) is 0 Å². The fraction of sp³-hybridized carbons (Fsp3) is 0.100. The van der Waals surface area contributed by atoms with E-state index in [-0.39, 0.29) is 16.4 Å². The summed E-state index contributed by atoms with van der Waals surface area (Å²) in [6.07, 6.45) is -2.65. The molecule has 2 rings (SSSR count). The van der Waals surface area contributed by atoms with Crippen molar-refractivity contribution in [2.24, 2.45) is 0 Å². The molecule has 84 valence electrons. The molecule has 0 saturated carbocycles. The average Bonchev–Trinajstić information content (AvgIpc) is 2.63. The van der Waals surface area contributed by atoms with Crippen molar-refractivity contribution in [2.75, 3.05) is 5.73 Å². The lowest BCUT2D eigenvalue weighted by atomic mass is 10.1. The monoisotopic (exact) mass is 243 g/mol. The molecule has 0 aliphatic carbocycles. The molecular formula is C10H8ClF2N3. The van der Waals surface area contributed by atoms with Gasteiger partial charge in [0, 0.05) is 17.2 Å². The maximum absolute atomic E-state index is 12.8. The topological polar surface area (TPSA) is 54.7 Å². The van der Waals surface area contributed by atoms with Crippen molar-refractivity contribution in [3.63, 3.8) is 0 Å². The predicted molar refractivity (Wildman–Crippen MR) is 58.4 cm³/mol. The van der Waals surface area contributed by atoms with Crippen LogP contribution < -0.4 is 5.73 Å². The van der Waals surface area contributed by atoms with Gasteiger partial charge in [0.15, 0.2) is 0 Å². The van der Waals surface area contributed by atoms with Gasteiger partial charge in [-0.25, -0.2) is 8.78 Å². The van der Waals surface area contributed by atoms with Crippen LogP contribution in [0.2, 0.25) is 5.02 Å². The second kappa shape index (κ2) is 4.09. The molecule has 0 saturated heterocycles. The Morgan fingerprint density at radius 1 is 1.38 bits per heavy atom. The zero-order chi connectivity index (χ0) is 11.7. The highest BCUT2D eigenvalue weighted by molar-refractivity contribution is 6.31. The number of nitrogen functional groups attached to an aromatic ring is 1. The molecule has 1 aromatic carbocycles. The van der Waals surface area contributed by atoms with Crippen LogP contribution in [0.3, 0.4) is 0 Å². The second-order valence-corrected chi connectivity index (χ2v) is 3.62. The van der Waals surface area contributed by atoms with E-state index in [1.54, 1.807) is 12.1 Å². The molecule has 0 amide bonds. The summed E-state index contributed by atoms with van der Waals surface area (Å²) in [4.78, 5) is 0. The summed E-state index contributed by atoms with van der Waals surface area (Å²) in [6, 6.07) is 6.05. The normalized spacial score (nSPS) is 11.0. The van der Waals surface area contributed by atoms with Crippen molar-refractivity contribution in [1.82, 2.24) is 10.2 Å². The Bertz CT molecular complexity index is 511. The van der Waals surface area contributed by atoms with Crippen molar-refractivity contribution in [1.29, 1.82) is 0 Å². The first-order chi connectivity index (χ1) is 7.59. The van der Waals surface area contributed by atoms with Gasteiger partial charge in [0.2, 0.25) is 0 Å². The van der Waals surface area contributed by atoms with Crippen LogP contribution in [-0.4, -0.2) is 10.2 Å². The lowest BCUT2D eigenvalue weighted by molar-refractivity contribution is 0.152. The zero-order valence-corrected chi connectivity index (χ0v) is 8.80. The van der Waals surface area contributed by atoms with Gasteiger partial charge in [-0.05, 0) is 6.07 Å². The molecule has 0 atom stereocenters. The molecule has 6 heteroatoms. The van der Waals surface area contributed by atoms with Gasteiger partial charge < -0.3 is 5.73 Å². The number of nitrogens with two attached hydrogens (primary N) is 1. The molecule has 0 aliphatic rings. The van der Waals surface area contributed by atoms with E-state index in [1.807, 2.05) is 0 Å². The number of nitrogens with zero attached hydrogens (tertiary/aromatic N) is 1. The standard InChI is InChI=1S/C10H8ClF2N3/c11-6-3-1-2-5(9(6)10(12)13)7-4-8(14)16-15-7/h1-4,10H,(H3,14,15,16). The molecule has 0 fully saturated rings. The predicted octanol–water partition coefficient (Wildman–Crippen LogP) is 3.25. The van der Waals surface area contributed by atoms with Gasteiger partial charge in [0.05, 0.1) is 10.7 Å². The summed E-state index contributed by atoms with van der Waals surface area (Å²) in [5.41, 5.74) is 5.94. The van der Waals surface area contributed by atoms with Crippen LogP contribution in [0.5, 0.6) is 0 Å². The molecule has 1 heterocycles. The molecule has 0 spiro atoms. The number of benzene rings is 1. The SMILES string of the molecule is Nc1cc(-c2cccc(Cl)c2C(F)F)[nH]n1. The molecule has 2 aromatic rings. The van der Waals surface area contributed by atoms with Crippen LogP contribution in [0.25, 0.3) is 11.3 Å². The van der Waals surface area contributed by atoms with Crippen molar-refractivity contribution in [3.05, 3.63) is 34.9 Å². The maximum Gasteiger partial charge on any atom is 0.265 e. The summed E-state index contributed by atoms with van der Waals surface area (Å²) in [5, 5.41) is 6.29. The first-order valence-electron chi connectivity index (χ1n) is 4.47. The minimum atomic E-state index is -2.65. The minimum absolute atomic E-state index is 0.0284. The molecule has 0 radical (unpaired) electrons. The number of H-pyrrole nitrogens is 1. The number of alkyl halides is 2. The first-order valence-corrected chi connectivity index (χ1v) is 4.85. The van der Waals surface area contributed by atoms with Crippen LogP contribution in [0.1, 0.15) is 12.0 Å². The molecule has 0 unspecified atom stereocenters. The number of aromatic amines is 1. The number of halogens is 3. The second-order valence-electron chi connectivity index (χ2n) is 3.21. The lowest BCUT2D eigenvalue weighted by Crippen LogP contribution is -1.92. The molecule has 0 bridgehead atoms. The summed E-state index contributed by atoms with van der Waals surface area (Å²) in [5.74, 6) is 0.246. The number of nitrogens with one attached hydrogen (secondary N) is 1. The Hall–Kier alpha value is -1.62. The summed E-state index contributed by atoms with van der Waals surface area (Å²) >= 11 is 5.74. The Balaban J connectivity index is 2.60. The van der Waals surface area contributed by atoms with E-state index in [0.29, 0.717) is 11.3 Å². The van der Waals surface area contributed by atoms with E-state index in [4.69, 9.17) is 17.3 Å². The lowest BCUT2D eigenvalue weighted by Gasteiger charge is -2.08. The Morgan fingerprint density at radius 3 is 2.69 bits per heavy atom. The third kappa shape index (κ3) is 1.86. The Kier molecular flexibility index (Phi) is 2.78. The number of rotatable bonds is 2. The molecule has 3 N–H and O–H groups in total. The van der Waals surface area contributed by atoms with Crippen molar-refractivity contribution < 1.29 is 8.78 Å².